The van der Waals surface area contributed by atoms with Crippen molar-refractivity contribution in [3.05, 3.63) is 108 Å². The smallest absolute Gasteiger partial charge is 0 e. The number of benzene rings is 4. The SMILES string of the molecule is CCC(C)(CC)C(=O)/C=C(\O)C(C)(CC)CC.Cc1cc2ccc3c(-c4[c-]ccc5c4oc4nc(-c6ccccc6)ccc45)nc(C(C)C)nc3c2c(C)[c]1[Ge]([CH3])([CH3])[CH3].[Ir]. The predicted octanol–water partition coefficient (Wildman–Crippen LogP) is 14.1. The molecule has 0 atom stereocenters. The van der Waals surface area contributed by atoms with Crippen LogP contribution >= 0.6 is 0 Å². The molecule has 8 heteroatoms. The van der Waals surface area contributed by atoms with Crippen LogP contribution in [0.4, 0.5) is 0 Å². The van der Waals surface area contributed by atoms with Crippen LogP contribution in [0.1, 0.15) is 104 Å². The van der Waals surface area contributed by atoms with Crippen LogP contribution in [0.15, 0.2) is 89.0 Å². The molecule has 0 amide bonds. The van der Waals surface area contributed by atoms with Crippen molar-refractivity contribution in [1.29, 1.82) is 0 Å². The molecule has 0 spiro atoms. The minimum Gasteiger partial charge on any atom is 0 e. The number of aliphatic hydroxyl groups is 1. The number of aromatic nitrogens is 3. The second-order valence-electron chi connectivity index (χ2n) is 18.1. The maximum atomic E-state index is 12.2. The molecule has 0 aliphatic carbocycles. The molecule has 3 heterocycles. The number of ketones is 1. The number of carbonyl (C=O) groups is 1. The first kappa shape index (κ1) is 46.9. The minimum atomic E-state index is -2.16. The average molecular weight is 1040 g/mol. The fraction of sp³-hybridized carbons (Fsp3) is 0.385. The zero-order chi connectivity index (χ0) is 43.0. The first-order chi connectivity index (χ1) is 27.9. The first-order valence-electron chi connectivity index (χ1n) is 21.4. The molecular formula is C52H62GeIrN3O3-. The van der Waals surface area contributed by atoms with Gasteiger partial charge in [-0.15, -0.1) is 0 Å². The van der Waals surface area contributed by atoms with E-state index in [1.807, 2.05) is 65.8 Å². The van der Waals surface area contributed by atoms with Gasteiger partial charge in [-0.1, -0.05) is 71.9 Å². The monoisotopic (exact) mass is 1040 g/mol. The summed E-state index contributed by atoms with van der Waals surface area (Å²) in [6.07, 6.45) is 4.75. The number of aliphatic hydroxyl groups excluding tert-OH is 1. The summed E-state index contributed by atoms with van der Waals surface area (Å²) in [5, 5.41) is 15.6. The quantitative estimate of drug-likeness (QED) is 0.0456. The van der Waals surface area contributed by atoms with Crippen LogP contribution in [0.5, 0.6) is 0 Å². The Morgan fingerprint density at radius 3 is 2.07 bits per heavy atom. The fourth-order valence-corrected chi connectivity index (χ4v) is 13.6. The summed E-state index contributed by atoms with van der Waals surface area (Å²) in [4.78, 5) is 27.5. The Labute approximate surface area is 373 Å². The van der Waals surface area contributed by atoms with E-state index in [0.717, 1.165) is 81.3 Å². The van der Waals surface area contributed by atoms with Crippen LogP contribution in [-0.2, 0) is 24.9 Å². The number of nitrogens with zero attached hydrogens (tertiary/aromatic N) is 3. The van der Waals surface area contributed by atoms with Gasteiger partial charge >= 0.3 is 214 Å². The summed E-state index contributed by atoms with van der Waals surface area (Å²) in [5.41, 5.74) is 8.20. The van der Waals surface area contributed by atoms with Gasteiger partial charge in [0.15, 0.2) is 5.78 Å². The van der Waals surface area contributed by atoms with Crippen molar-refractivity contribution >= 4 is 67.2 Å². The van der Waals surface area contributed by atoms with E-state index in [1.54, 1.807) is 4.40 Å². The van der Waals surface area contributed by atoms with E-state index in [-0.39, 0.29) is 48.4 Å². The molecule has 4 aromatic carbocycles. The minimum absolute atomic E-state index is 0. The van der Waals surface area contributed by atoms with Crippen molar-refractivity contribution in [2.75, 3.05) is 0 Å². The van der Waals surface area contributed by atoms with Gasteiger partial charge in [0.2, 0.25) is 0 Å². The van der Waals surface area contributed by atoms with E-state index < -0.39 is 13.3 Å². The van der Waals surface area contributed by atoms with Gasteiger partial charge in [0.25, 0.3) is 0 Å². The Bertz CT molecular complexity index is 2700. The number of furan rings is 1. The van der Waals surface area contributed by atoms with Crippen molar-refractivity contribution in [3.63, 3.8) is 0 Å². The Hall–Kier alpha value is -4.17. The third-order valence-corrected chi connectivity index (χ3v) is 17.7. The normalized spacial score (nSPS) is 12.6. The van der Waals surface area contributed by atoms with Crippen molar-refractivity contribution in [1.82, 2.24) is 15.0 Å². The number of allylic oxidation sites excluding steroid dienone is 2. The van der Waals surface area contributed by atoms with E-state index in [1.165, 1.54) is 28.0 Å². The largest absolute Gasteiger partial charge is 0 e. The molecule has 0 saturated heterocycles. The second kappa shape index (κ2) is 18.4. The predicted molar refractivity (Wildman–Crippen MR) is 251 cm³/mol. The first-order valence-corrected chi connectivity index (χ1v) is 28.8. The van der Waals surface area contributed by atoms with E-state index in [2.05, 4.69) is 99.6 Å². The molecule has 60 heavy (non-hydrogen) atoms. The number of pyridine rings is 1. The van der Waals surface area contributed by atoms with Crippen LogP contribution in [0.25, 0.3) is 66.3 Å². The van der Waals surface area contributed by atoms with E-state index in [0.29, 0.717) is 5.71 Å². The molecule has 7 rings (SSSR count). The molecule has 7 aromatic rings. The van der Waals surface area contributed by atoms with Crippen molar-refractivity contribution in [2.24, 2.45) is 10.8 Å². The summed E-state index contributed by atoms with van der Waals surface area (Å²) in [5.74, 6) is 8.70. The van der Waals surface area contributed by atoms with Gasteiger partial charge in [-0.3, -0.25) is 4.79 Å². The van der Waals surface area contributed by atoms with Gasteiger partial charge in [0.1, 0.15) is 5.76 Å². The van der Waals surface area contributed by atoms with Gasteiger partial charge in [0, 0.05) is 42.6 Å². The molecule has 1 radical (unpaired) electrons. The molecule has 0 saturated carbocycles. The van der Waals surface area contributed by atoms with E-state index in [4.69, 9.17) is 19.4 Å². The number of rotatable bonds is 11. The van der Waals surface area contributed by atoms with Crippen molar-refractivity contribution < 1.29 is 34.4 Å². The summed E-state index contributed by atoms with van der Waals surface area (Å²) >= 11 is -2.16. The molecule has 0 aliphatic rings. The molecule has 6 nitrogen and oxygen atoms in total. The summed E-state index contributed by atoms with van der Waals surface area (Å²) in [7, 11) is 0. The average Bonchev–Trinajstić information content (AvgIpc) is 3.60. The number of aryl methyl sites for hydroxylation is 2. The second-order valence-corrected chi connectivity index (χ2v) is 28.6. The summed E-state index contributed by atoms with van der Waals surface area (Å²) in [6, 6.07) is 28.7. The zero-order valence-electron chi connectivity index (χ0n) is 37.9. The third-order valence-electron chi connectivity index (χ3n) is 12.9. The maximum absolute atomic E-state index is 12.2. The molecule has 317 valence electrons. The number of fused-ring (bicyclic) bond motifs is 6. The Morgan fingerprint density at radius 1 is 0.833 bits per heavy atom. The molecule has 0 fully saturated rings. The van der Waals surface area contributed by atoms with Gasteiger partial charge < -0.3 is 5.11 Å². The zero-order valence-corrected chi connectivity index (χ0v) is 42.3. The Morgan fingerprint density at radius 2 is 1.47 bits per heavy atom. The number of hydrogen-bond donors (Lipinski definition) is 1. The molecule has 0 bridgehead atoms. The molecular weight excluding hydrogens is 979 g/mol. The van der Waals surface area contributed by atoms with Crippen LogP contribution < -0.4 is 4.40 Å². The standard InChI is InChI=1S/C37H34GeN3O.C15H28O2.Ir/c1-21(2)36-40-33(28-17-16-25-20-22(3)32(38(5,6)7)23(4)31(25)34(28)41-36)29-15-11-14-26-27-18-19-30(24-12-9-8-10-13-24)39-37(27)42-35(26)29;1-7-14(5,8-2)12(16)11-13(17)15(6,9-3)10-4;/h8-14,16-21H,1-7H3;11,16H,7-10H2,1-6H3;/q-1;;/b;12-11-;. The number of carbonyl (C=O) groups excluding carboxylic acids is 1. The van der Waals surface area contributed by atoms with Gasteiger partial charge in [-0.25, -0.2) is 0 Å². The van der Waals surface area contributed by atoms with Crippen LogP contribution in [-0.4, -0.2) is 39.1 Å². The Balaban J connectivity index is 0.000000324. The topological polar surface area (TPSA) is 89.1 Å². The van der Waals surface area contributed by atoms with Crippen LogP contribution in [0.3, 0.4) is 0 Å². The van der Waals surface area contributed by atoms with E-state index >= 15 is 0 Å². The number of hydrogen-bond acceptors (Lipinski definition) is 6. The van der Waals surface area contributed by atoms with Crippen molar-refractivity contribution in [2.45, 2.75) is 118 Å². The van der Waals surface area contributed by atoms with Gasteiger partial charge in [-0.2, -0.15) is 0 Å². The van der Waals surface area contributed by atoms with Gasteiger partial charge in [0.05, 0.1) is 0 Å². The Kier molecular flexibility index (Phi) is 14.4. The van der Waals surface area contributed by atoms with Gasteiger partial charge in [-0.05, 0) is 25.7 Å². The molecule has 1 N–H and O–H groups in total. The fourth-order valence-electron chi connectivity index (χ4n) is 8.32. The molecule has 0 unspecified atom stereocenters. The van der Waals surface area contributed by atoms with Crippen LogP contribution in [0, 0.1) is 30.7 Å². The van der Waals surface area contributed by atoms with Crippen molar-refractivity contribution in [3.8, 4) is 22.5 Å². The third kappa shape index (κ3) is 8.91. The maximum Gasteiger partial charge on any atom is 0 e. The summed E-state index contributed by atoms with van der Waals surface area (Å²) in [6.45, 7) is 21.0. The van der Waals surface area contributed by atoms with Crippen LogP contribution in [0.2, 0.25) is 17.3 Å². The molecule has 3 aromatic heterocycles. The summed E-state index contributed by atoms with van der Waals surface area (Å²) < 4.78 is 8.11. The van der Waals surface area contributed by atoms with E-state index in [9.17, 15) is 9.90 Å². The molecule has 0 aliphatic heterocycles.